The van der Waals surface area contributed by atoms with Gasteiger partial charge in [-0.2, -0.15) is 0 Å². The van der Waals surface area contributed by atoms with Gasteiger partial charge in [-0.25, -0.2) is 0 Å². The van der Waals surface area contributed by atoms with Crippen molar-refractivity contribution >= 4 is 40.8 Å². The molecule has 0 bridgehead atoms. The van der Waals surface area contributed by atoms with Crippen LogP contribution in [0.15, 0.2) is 52.3 Å². The molecule has 0 aromatic heterocycles. The van der Waals surface area contributed by atoms with Crippen LogP contribution in [0.2, 0.25) is 5.02 Å². The minimum absolute atomic E-state index is 0.201. The maximum atomic E-state index is 13.1. The summed E-state index contributed by atoms with van der Waals surface area (Å²) in [5, 5.41) is 0.640. The van der Waals surface area contributed by atoms with Gasteiger partial charge in [0.25, 0.3) is 11.8 Å². The fourth-order valence-corrected chi connectivity index (χ4v) is 4.08. The summed E-state index contributed by atoms with van der Waals surface area (Å²) >= 11 is 7.30. The van der Waals surface area contributed by atoms with Gasteiger partial charge in [-0.15, -0.1) is 0 Å². The Hall–Kier alpha value is -2.04. The fraction of sp³-hybridized carbons (Fsp3) is 0.273. The van der Waals surface area contributed by atoms with Gasteiger partial charge in [0.2, 0.25) is 0 Å². The van der Waals surface area contributed by atoms with Gasteiger partial charge in [-0.05, 0) is 61.2 Å². The van der Waals surface area contributed by atoms with Crippen molar-refractivity contribution in [1.29, 1.82) is 0 Å². The molecule has 140 valence electrons. The van der Waals surface area contributed by atoms with Gasteiger partial charge < -0.3 is 0 Å². The number of thioether (sulfide) groups is 1. The Balaban J connectivity index is 2.05. The van der Waals surface area contributed by atoms with Crippen LogP contribution in [-0.2, 0) is 9.59 Å². The summed E-state index contributed by atoms with van der Waals surface area (Å²) in [6.07, 6.45) is 1.73. The molecule has 0 aliphatic carbocycles. The largest absolute Gasteiger partial charge is 0.274 e. The molecule has 0 fully saturated rings. The molecule has 0 saturated heterocycles. The number of unbranched alkanes of at least 4 members (excludes halogenated alkanes) is 1. The number of carbonyl (C=O) groups is 2. The smallest absolute Gasteiger partial charge is 0.268 e. The Labute approximate surface area is 169 Å². The zero-order valence-corrected chi connectivity index (χ0v) is 17.3. The van der Waals surface area contributed by atoms with Crippen molar-refractivity contribution in [3.8, 4) is 0 Å². The van der Waals surface area contributed by atoms with E-state index in [1.165, 1.54) is 16.7 Å². The highest BCUT2D eigenvalue weighted by Crippen LogP contribution is 2.40. The standard InChI is InChI=1S/C22H22ClNO2S/c1-4-5-12-24-21(25)19(16-7-6-14(2)15(3)13-16)20(22(24)26)27-18-10-8-17(23)9-11-18/h6-11,13H,4-5,12H2,1-3H3. The van der Waals surface area contributed by atoms with Crippen molar-refractivity contribution in [2.45, 2.75) is 38.5 Å². The molecule has 0 spiro atoms. The molecule has 1 aliphatic rings. The first-order valence-corrected chi connectivity index (χ1v) is 10.2. The normalized spacial score (nSPS) is 14.4. The molecule has 1 heterocycles. The summed E-state index contributed by atoms with van der Waals surface area (Å²) < 4.78 is 0. The number of imide groups is 1. The monoisotopic (exact) mass is 399 g/mol. The van der Waals surface area contributed by atoms with E-state index in [1.54, 1.807) is 12.1 Å². The Morgan fingerprint density at radius 2 is 1.67 bits per heavy atom. The van der Waals surface area contributed by atoms with Crippen molar-refractivity contribution in [1.82, 2.24) is 4.90 Å². The number of amides is 2. The van der Waals surface area contributed by atoms with E-state index in [-0.39, 0.29) is 11.8 Å². The zero-order chi connectivity index (χ0) is 19.6. The molecular formula is C22H22ClNO2S. The van der Waals surface area contributed by atoms with Crippen molar-refractivity contribution in [2.75, 3.05) is 6.54 Å². The Morgan fingerprint density at radius 3 is 2.30 bits per heavy atom. The third kappa shape index (κ3) is 4.12. The molecule has 3 rings (SSSR count). The van der Waals surface area contributed by atoms with Crippen LogP contribution in [0.3, 0.4) is 0 Å². The third-order valence-corrected chi connectivity index (χ3v) is 6.03. The van der Waals surface area contributed by atoms with Crippen molar-refractivity contribution in [3.63, 3.8) is 0 Å². The van der Waals surface area contributed by atoms with Crippen molar-refractivity contribution < 1.29 is 9.59 Å². The van der Waals surface area contributed by atoms with E-state index in [4.69, 9.17) is 11.6 Å². The number of hydrogen-bond acceptors (Lipinski definition) is 3. The number of hydrogen-bond donors (Lipinski definition) is 0. The van der Waals surface area contributed by atoms with E-state index < -0.39 is 0 Å². The van der Waals surface area contributed by atoms with Gasteiger partial charge in [-0.1, -0.05) is 54.9 Å². The summed E-state index contributed by atoms with van der Waals surface area (Å²) in [5.74, 6) is -0.408. The lowest BCUT2D eigenvalue weighted by molar-refractivity contribution is -0.136. The van der Waals surface area contributed by atoms with E-state index in [0.717, 1.165) is 34.4 Å². The highest BCUT2D eigenvalue weighted by atomic mass is 35.5. The first-order chi connectivity index (χ1) is 12.9. The topological polar surface area (TPSA) is 37.4 Å². The minimum Gasteiger partial charge on any atom is -0.274 e. The number of rotatable bonds is 6. The van der Waals surface area contributed by atoms with Gasteiger partial charge in [0.15, 0.2) is 0 Å². The van der Waals surface area contributed by atoms with Crippen molar-refractivity contribution in [2.24, 2.45) is 0 Å². The number of benzene rings is 2. The number of carbonyl (C=O) groups excluding carboxylic acids is 2. The molecule has 0 unspecified atom stereocenters. The highest BCUT2D eigenvalue weighted by molar-refractivity contribution is 8.04. The lowest BCUT2D eigenvalue weighted by Gasteiger charge is -2.14. The van der Waals surface area contributed by atoms with Crippen molar-refractivity contribution in [3.05, 3.63) is 69.1 Å². The zero-order valence-electron chi connectivity index (χ0n) is 15.7. The molecule has 3 nitrogen and oxygen atoms in total. The van der Waals surface area contributed by atoms with E-state index >= 15 is 0 Å². The first-order valence-electron chi connectivity index (χ1n) is 9.04. The van der Waals surface area contributed by atoms with Crippen LogP contribution >= 0.6 is 23.4 Å². The lowest BCUT2D eigenvalue weighted by Crippen LogP contribution is -2.32. The van der Waals surface area contributed by atoms with E-state index in [9.17, 15) is 9.59 Å². The second-order valence-electron chi connectivity index (χ2n) is 6.67. The van der Waals surface area contributed by atoms with Gasteiger partial charge in [-0.3, -0.25) is 14.5 Å². The first kappa shape index (κ1) is 19.7. The molecule has 2 aromatic carbocycles. The summed E-state index contributed by atoms with van der Waals surface area (Å²) in [5.41, 5.74) is 3.56. The number of aryl methyl sites for hydroxylation is 2. The molecule has 1 aliphatic heterocycles. The molecule has 0 N–H and O–H groups in total. The van der Waals surface area contributed by atoms with Gasteiger partial charge in [0.1, 0.15) is 0 Å². The minimum atomic E-state index is -0.207. The molecule has 2 aromatic rings. The van der Waals surface area contributed by atoms with Gasteiger partial charge >= 0.3 is 0 Å². The highest BCUT2D eigenvalue weighted by Gasteiger charge is 2.39. The van der Waals surface area contributed by atoms with Crippen LogP contribution in [0.1, 0.15) is 36.5 Å². The number of nitrogens with zero attached hydrogens (tertiary/aromatic N) is 1. The van der Waals surface area contributed by atoms with Crippen LogP contribution in [-0.4, -0.2) is 23.3 Å². The summed E-state index contributed by atoms with van der Waals surface area (Å²) in [4.78, 5) is 28.9. The second kappa shape index (κ2) is 8.32. The van der Waals surface area contributed by atoms with Crippen LogP contribution in [0.5, 0.6) is 0 Å². The fourth-order valence-electron chi connectivity index (χ4n) is 2.94. The van der Waals surface area contributed by atoms with E-state index in [2.05, 4.69) is 0 Å². The SMILES string of the molecule is CCCCN1C(=O)C(Sc2ccc(Cl)cc2)=C(c2ccc(C)c(C)c2)C1=O. The average molecular weight is 400 g/mol. The lowest BCUT2D eigenvalue weighted by atomic mass is 10.0. The quantitative estimate of drug-likeness (QED) is 0.591. The molecule has 5 heteroatoms. The molecule has 2 amide bonds. The maximum Gasteiger partial charge on any atom is 0.268 e. The predicted octanol–water partition coefficient (Wildman–Crippen LogP) is 5.63. The van der Waals surface area contributed by atoms with Crippen LogP contribution < -0.4 is 0 Å². The molecule has 0 atom stereocenters. The summed E-state index contributed by atoms with van der Waals surface area (Å²) in [6, 6.07) is 13.2. The van der Waals surface area contributed by atoms with Gasteiger partial charge in [0.05, 0.1) is 10.5 Å². The second-order valence-corrected chi connectivity index (χ2v) is 8.19. The summed E-state index contributed by atoms with van der Waals surface area (Å²) in [7, 11) is 0. The van der Waals surface area contributed by atoms with Crippen LogP contribution in [0.4, 0.5) is 0 Å². The molecule has 0 saturated carbocycles. The Bertz CT molecular complexity index is 918. The maximum absolute atomic E-state index is 13.1. The van der Waals surface area contributed by atoms with E-state index in [0.29, 0.717) is 22.0 Å². The average Bonchev–Trinajstić information content (AvgIpc) is 2.88. The Morgan fingerprint density at radius 1 is 0.963 bits per heavy atom. The van der Waals surface area contributed by atoms with Crippen LogP contribution in [0.25, 0.3) is 5.57 Å². The summed E-state index contributed by atoms with van der Waals surface area (Å²) in [6.45, 7) is 6.55. The van der Waals surface area contributed by atoms with Crippen LogP contribution in [0, 0.1) is 13.8 Å². The molecule has 27 heavy (non-hydrogen) atoms. The number of halogens is 1. The third-order valence-electron chi connectivity index (χ3n) is 4.69. The van der Waals surface area contributed by atoms with Gasteiger partial charge in [0, 0.05) is 16.5 Å². The van der Waals surface area contributed by atoms with E-state index in [1.807, 2.05) is 51.1 Å². The predicted molar refractivity (Wildman–Crippen MR) is 112 cm³/mol. The molecular weight excluding hydrogens is 378 g/mol. The Kier molecular flexibility index (Phi) is 6.08. The molecule has 0 radical (unpaired) electrons.